The lowest BCUT2D eigenvalue weighted by molar-refractivity contribution is -0.154. The van der Waals surface area contributed by atoms with E-state index >= 15 is 0 Å². The smallest absolute Gasteiger partial charge is 0.356 e. The Balaban J connectivity index is 1.29. The molecule has 0 saturated carbocycles. The number of aromatic nitrogens is 2. The predicted molar refractivity (Wildman–Crippen MR) is 181 cm³/mol. The molecule has 3 amide bonds. The van der Waals surface area contributed by atoms with E-state index in [2.05, 4.69) is 25.8 Å². The topological polar surface area (TPSA) is 152 Å². The zero-order chi connectivity index (χ0) is 33.5. The zero-order valence-electron chi connectivity index (χ0n) is 25.4. The standard InChI is InChI=1S/C34H28N6O6S2/c1-45-39-26(25-19-48-34(37-25)36-20-41)30(42)38-27-31(43)40-28(23(18-47-32(27)40)15-16-24-14-8-9-17-35-24)33(44)46-29(21-10-4-2-5-11-21)22-12-6-3-7-13-22/h2-17,19-20,27,29,32H,18H2,1H3,(H,38,42)(H,36,37,41)/t27?,32-/m0/s1. The van der Waals surface area contributed by atoms with Gasteiger partial charge in [-0.2, -0.15) is 0 Å². The van der Waals surface area contributed by atoms with E-state index in [-0.39, 0.29) is 22.2 Å². The fourth-order valence-corrected chi connectivity index (χ4v) is 7.15. The van der Waals surface area contributed by atoms with Crippen molar-refractivity contribution in [2.45, 2.75) is 17.5 Å². The molecule has 0 radical (unpaired) electrons. The number of carbonyl (C=O) groups is 4. The fourth-order valence-electron chi connectivity index (χ4n) is 5.17. The quantitative estimate of drug-likeness (QED) is 0.0739. The molecule has 12 nitrogen and oxygen atoms in total. The van der Waals surface area contributed by atoms with Gasteiger partial charge >= 0.3 is 5.97 Å². The molecule has 2 aromatic heterocycles. The monoisotopic (exact) mass is 680 g/mol. The fraction of sp³-hybridized carbons (Fsp3) is 0.147. The van der Waals surface area contributed by atoms with Gasteiger partial charge in [-0.1, -0.05) is 78.0 Å². The van der Waals surface area contributed by atoms with Crippen LogP contribution in [0.1, 0.15) is 28.6 Å². The van der Waals surface area contributed by atoms with Crippen LogP contribution < -0.4 is 10.6 Å². The Morgan fingerprint density at radius 3 is 2.38 bits per heavy atom. The number of thioether (sulfide) groups is 1. The molecule has 2 aliphatic heterocycles. The van der Waals surface area contributed by atoms with E-state index in [0.717, 1.165) is 22.5 Å². The summed E-state index contributed by atoms with van der Waals surface area (Å²) in [5, 5.41) is 10.1. The molecule has 14 heteroatoms. The summed E-state index contributed by atoms with van der Waals surface area (Å²) in [7, 11) is 1.28. The number of oxime groups is 1. The summed E-state index contributed by atoms with van der Waals surface area (Å²) in [5.41, 5.74) is 2.85. The molecule has 1 fully saturated rings. The third-order valence-electron chi connectivity index (χ3n) is 7.38. The number of rotatable bonds is 12. The molecule has 4 heterocycles. The van der Waals surface area contributed by atoms with E-state index in [0.29, 0.717) is 23.4 Å². The Morgan fingerprint density at radius 1 is 1.02 bits per heavy atom. The molecule has 0 aliphatic carbocycles. The Bertz CT molecular complexity index is 1860. The van der Waals surface area contributed by atoms with Crippen molar-refractivity contribution in [3.63, 3.8) is 0 Å². The second kappa shape index (κ2) is 14.9. The van der Waals surface area contributed by atoms with Gasteiger partial charge in [0.25, 0.3) is 11.8 Å². The molecular formula is C34H28N6O6S2. The molecule has 48 heavy (non-hydrogen) atoms. The highest BCUT2D eigenvalue weighted by molar-refractivity contribution is 8.00. The Labute approximate surface area is 283 Å². The first-order valence-electron chi connectivity index (χ1n) is 14.6. The van der Waals surface area contributed by atoms with Crippen LogP contribution in [0.3, 0.4) is 0 Å². The number of nitrogens with zero attached hydrogens (tertiary/aromatic N) is 4. The Morgan fingerprint density at radius 2 is 1.73 bits per heavy atom. The number of thiazole rings is 1. The first kappa shape index (κ1) is 32.3. The van der Waals surface area contributed by atoms with Crippen LogP contribution in [0.5, 0.6) is 0 Å². The highest BCUT2D eigenvalue weighted by Gasteiger charge is 2.54. The third-order valence-corrected chi connectivity index (χ3v) is 9.45. The lowest BCUT2D eigenvalue weighted by Crippen LogP contribution is -2.71. The Kier molecular flexibility index (Phi) is 10.0. The molecule has 0 spiro atoms. The zero-order valence-corrected chi connectivity index (χ0v) is 27.0. The molecule has 6 rings (SSSR count). The van der Waals surface area contributed by atoms with Crippen LogP contribution in [0.4, 0.5) is 5.13 Å². The van der Waals surface area contributed by atoms with Gasteiger partial charge in [-0.25, -0.2) is 9.78 Å². The molecule has 4 aromatic rings. The van der Waals surface area contributed by atoms with Crippen molar-refractivity contribution < 1.29 is 28.8 Å². The summed E-state index contributed by atoms with van der Waals surface area (Å²) in [6, 6.07) is 23.2. The van der Waals surface area contributed by atoms with E-state index in [4.69, 9.17) is 9.57 Å². The summed E-state index contributed by atoms with van der Waals surface area (Å²) < 4.78 is 6.20. The maximum Gasteiger partial charge on any atom is 0.356 e. The van der Waals surface area contributed by atoms with E-state index in [9.17, 15) is 19.2 Å². The molecule has 2 atom stereocenters. The van der Waals surface area contributed by atoms with Crippen molar-refractivity contribution in [1.29, 1.82) is 0 Å². The molecule has 242 valence electrons. The summed E-state index contributed by atoms with van der Waals surface area (Å²) in [4.78, 5) is 66.9. The molecule has 2 aromatic carbocycles. The van der Waals surface area contributed by atoms with Gasteiger partial charge in [0.05, 0.1) is 5.69 Å². The number of anilines is 1. The van der Waals surface area contributed by atoms with Gasteiger partial charge in [-0.15, -0.1) is 23.1 Å². The number of benzene rings is 2. The van der Waals surface area contributed by atoms with Crippen LogP contribution in [-0.2, 0) is 28.8 Å². The van der Waals surface area contributed by atoms with Gasteiger partial charge in [0.2, 0.25) is 6.41 Å². The molecule has 2 N–H and O–H groups in total. The third kappa shape index (κ3) is 6.89. The first-order chi connectivity index (χ1) is 23.5. The SMILES string of the molecule is CON=C(C(=O)NC1C(=O)N2C(C(=O)OC(c3ccccc3)c3ccccc3)=C(C=Cc3ccccn3)CS[C@@H]12)c1csc(NC=O)n1. The van der Waals surface area contributed by atoms with E-state index in [1.807, 2.05) is 72.8 Å². The van der Waals surface area contributed by atoms with Gasteiger partial charge < -0.3 is 20.2 Å². The highest BCUT2D eigenvalue weighted by atomic mass is 32.2. The minimum absolute atomic E-state index is 0.0909. The van der Waals surface area contributed by atoms with Crippen molar-refractivity contribution in [3.05, 3.63) is 130 Å². The van der Waals surface area contributed by atoms with Crippen molar-refractivity contribution >= 4 is 64.2 Å². The van der Waals surface area contributed by atoms with Crippen LogP contribution in [0.2, 0.25) is 0 Å². The number of hydrogen-bond acceptors (Lipinski definition) is 11. The minimum atomic E-state index is -0.973. The number of esters is 1. The second-order valence-electron chi connectivity index (χ2n) is 10.4. The summed E-state index contributed by atoms with van der Waals surface area (Å²) >= 11 is 2.49. The average molecular weight is 681 g/mol. The maximum atomic E-state index is 14.2. The van der Waals surface area contributed by atoms with E-state index in [1.54, 1.807) is 24.4 Å². The number of β-lactam (4-membered cyclic amide) rings is 1. The predicted octanol–water partition coefficient (Wildman–Crippen LogP) is 4.16. The van der Waals surface area contributed by atoms with Crippen molar-refractivity contribution in [2.24, 2.45) is 5.16 Å². The Hall–Kier alpha value is -5.60. The number of carbonyl (C=O) groups excluding carboxylic acids is 4. The lowest BCUT2D eigenvalue weighted by Gasteiger charge is -2.49. The molecular weight excluding hydrogens is 653 g/mol. The van der Waals surface area contributed by atoms with Gasteiger partial charge in [0.1, 0.15) is 29.9 Å². The van der Waals surface area contributed by atoms with Crippen molar-refractivity contribution in [3.8, 4) is 0 Å². The van der Waals surface area contributed by atoms with Crippen molar-refractivity contribution in [1.82, 2.24) is 20.2 Å². The molecule has 0 bridgehead atoms. The molecule has 1 unspecified atom stereocenters. The maximum absolute atomic E-state index is 14.2. The van der Waals surface area contributed by atoms with Crippen LogP contribution in [0.15, 0.2) is 113 Å². The number of amides is 3. The molecule has 2 aliphatic rings. The number of allylic oxidation sites excluding steroid dienone is 1. The highest BCUT2D eigenvalue weighted by Crippen LogP contribution is 2.42. The van der Waals surface area contributed by atoms with Crippen molar-refractivity contribution in [2.75, 3.05) is 18.2 Å². The normalized spacial score (nSPS) is 17.5. The number of fused-ring (bicyclic) bond motifs is 1. The lowest BCUT2D eigenvalue weighted by atomic mass is 10.00. The summed E-state index contributed by atoms with van der Waals surface area (Å²) in [6.45, 7) is 0. The number of hydrogen-bond donors (Lipinski definition) is 2. The number of pyridine rings is 1. The van der Waals surface area contributed by atoms with Gasteiger partial charge in [0.15, 0.2) is 16.9 Å². The van der Waals surface area contributed by atoms with Gasteiger partial charge in [-0.3, -0.25) is 24.3 Å². The second-order valence-corrected chi connectivity index (χ2v) is 12.3. The summed E-state index contributed by atoms with van der Waals surface area (Å²) in [5.74, 6) is -1.54. The number of ether oxygens (including phenoxy) is 1. The number of nitrogens with one attached hydrogen (secondary N) is 2. The van der Waals surface area contributed by atoms with Crippen LogP contribution in [0.25, 0.3) is 6.08 Å². The van der Waals surface area contributed by atoms with Crippen LogP contribution in [-0.4, -0.2) is 69.1 Å². The van der Waals surface area contributed by atoms with E-state index in [1.165, 1.54) is 29.2 Å². The van der Waals surface area contributed by atoms with Crippen LogP contribution in [0, 0.1) is 0 Å². The summed E-state index contributed by atoms with van der Waals surface area (Å²) in [6.07, 6.45) is 4.93. The largest absolute Gasteiger partial charge is 0.448 e. The van der Waals surface area contributed by atoms with E-state index < -0.39 is 35.3 Å². The van der Waals surface area contributed by atoms with Crippen LogP contribution >= 0.6 is 23.1 Å². The van der Waals surface area contributed by atoms with Gasteiger partial charge in [0, 0.05) is 17.3 Å². The minimum Gasteiger partial charge on any atom is -0.448 e. The molecule has 1 saturated heterocycles. The average Bonchev–Trinajstić information content (AvgIpc) is 3.59. The first-order valence-corrected chi connectivity index (χ1v) is 16.6. The van der Waals surface area contributed by atoms with Gasteiger partial charge in [-0.05, 0) is 34.9 Å².